The zero-order chi connectivity index (χ0) is 18.7. The molecular weight excluding hydrogens is 381 g/mol. The van der Waals surface area contributed by atoms with Crippen molar-refractivity contribution in [1.82, 2.24) is 5.06 Å². The fraction of sp³-hybridized carbons (Fsp3) is 0.222. The number of carbonyl (C=O) groups excluding carboxylic acids is 1. The molecule has 1 N–H and O–H groups in total. The number of carboxylic acids is 1. The van der Waals surface area contributed by atoms with Crippen molar-refractivity contribution < 1.29 is 24.3 Å². The minimum Gasteiger partial charge on any atom is -0.481 e. The van der Waals surface area contributed by atoms with Crippen LogP contribution in [-0.4, -0.2) is 41.8 Å². The summed E-state index contributed by atoms with van der Waals surface area (Å²) >= 11 is 12.4. The quantitative estimate of drug-likeness (QED) is 0.830. The summed E-state index contributed by atoms with van der Waals surface area (Å²) < 4.78 is 5.31. The van der Waals surface area contributed by atoms with Gasteiger partial charge >= 0.3 is 5.97 Å². The number of hydrogen-bond acceptors (Lipinski definition) is 4. The second-order valence-corrected chi connectivity index (χ2v) is 6.46. The predicted molar refractivity (Wildman–Crippen MR) is 96.6 cm³/mol. The Morgan fingerprint density at radius 3 is 2.65 bits per heavy atom. The van der Waals surface area contributed by atoms with Crippen molar-refractivity contribution in [1.29, 1.82) is 0 Å². The van der Waals surface area contributed by atoms with Crippen LogP contribution in [0.4, 0.5) is 0 Å². The lowest BCUT2D eigenvalue weighted by atomic mass is 10.0. The van der Waals surface area contributed by atoms with E-state index in [1.54, 1.807) is 36.4 Å². The molecule has 0 spiro atoms. The number of amides is 1. The van der Waals surface area contributed by atoms with Crippen LogP contribution in [0, 0.1) is 0 Å². The molecule has 6 nitrogen and oxygen atoms in total. The Kier molecular flexibility index (Phi) is 5.66. The van der Waals surface area contributed by atoms with Crippen molar-refractivity contribution in [3.8, 4) is 16.9 Å². The van der Waals surface area contributed by atoms with Crippen molar-refractivity contribution in [2.75, 3.05) is 19.8 Å². The van der Waals surface area contributed by atoms with Crippen molar-refractivity contribution in [3.63, 3.8) is 0 Å². The van der Waals surface area contributed by atoms with Gasteiger partial charge in [-0.15, -0.1) is 0 Å². The van der Waals surface area contributed by atoms with Crippen LogP contribution < -0.4 is 4.74 Å². The number of hydroxylamine groups is 2. The molecule has 1 saturated heterocycles. The minimum absolute atomic E-state index is 0.257. The van der Waals surface area contributed by atoms with Crippen molar-refractivity contribution in [3.05, 3.63) is 52.0 Å². The summed E-state index contributed by atoms with van der Waals surface area (Å²) in [7, 11) is 0. The van der Waals surface area contributed by atoms with E-state index in [1.165, 1.54) is 5.06 Å². The Balaban J connectivity index is 1.92. The van der Waals surface area contributed by atoms with E-state index in [1.807, 2.05) is 0 Å². The number of halogens is 2. The highest BCUT2D eigenvalue weighted by atomic mass is 35.5. The van der Waals surface area contributed by atoms with E-state index in [2.05, 4.69) is 0 Å². The maximum atomic E-state index is 12.4. The normalized spacial score (nSPS) is 13.7. The Labute approximate surface area is 159 Å². The van der Waals surface area contributed by atoms with Crippen molar-refractivity contribution in [2.45, 2.75) is 6.42 Å². The molecule has 2 aromatic rings. The Hall–Kier alpha value is -2.28. The van der Waals surface area contributed by atoms with Gasteiger partial charge in [0, 0.05) is 10.6 Å². The second-order valence-electron chi connectivity index (χ2n) is 5.61. The lowest BCUT2D eigenvalue weighted by Crippen LogP contribution is -2.26. The molecule has 0 bridgehead atoms. The summed E-state index contributed by atoms with van der Waals surface area (Å²) in [5, 5.41) is 10.8. The molecule has 26 heavy (non-hydrogen) atoms. The first-order valence-corrected chi connectivity index (χ1v) is 8.60. The molecule has 8 heteroatoms. The summed E-state index contributed by atoms with van der Waals surface area (Å²) in [6.07, 6.45) is 0.786. The number of rotatable bonds is 5. The van der Waals surface area contributed by atoms with E-state index in [9.17, 15) is 9.59 Å². The van der Waals surface area contributed by atoms with Gasteiger partial charge in [-0.05, 0) is 42.3 Å². The number of nitrogens with zero attached hydrogens (tertiary/aromatic N) is 1. The lowest BCUT2D eigenvalue weighted by Gasteiger charge is -2.16. The largest absolute Gasteiger partial charge is 0.481 e. The van der Waals surface area contributed by atoms with E-state index in [0.29, 0.717) is 40.6 Å². The smallest absolute Gasteiger partial charge is 0.341 e. The molecule has 0 aliphatic carbocycles. The Bertz CT molecular complexity index is 849. The van der Waals surface area contributed by atoms with Gasteiger partial charge in [-0.3, -0.25) is 9.63 Å². The minimum atomic E-state index is -1.09. The van der Waals surface area contributed by atoms with Crippen LogP contribution in [-0.2, 0) is 9.63 Å². The monoisotopic (exact) mass is 395 g/mol. The molecule has 1 fully saturated rings. The molecule has 0 aromatic heterocycles. The lowest BCUT2D eigenvalue weighted by molar-refractivity contribution is -0.139. The summed E-state index contributed by atoms with van der Waals surface area (Å²) in [5.74, 6) is -1.03. The molecule has 3 rings (SSSR count). The van der Waals surface area contributed by atoms with E-state index in [-0.39, 0.29) is 10.9 Å². The van der Waals surface area contributed by atoms with Gasteiger partial charge < -0.3 is 9.84 Å². The molecule has 0 saturated carbocycles. The van der Waals surface area contributed by atoms with E-state index >= 15 is 0 Å². The number of ether oxygens (including phenoxy) is 1. The third kappa shape index (κ3) is 4.09. The van der Waals surface area contributed by atoms with E-state index in [0.717, 1.165) is 6.42 Å². The van der Waals surface area contributed by atoms with Crippen LogP contribution in [0.1, 0.15) is 16.8 Å². The van der Waals surface area contributed by atoms with Crippen molar-refractivity contribution in [2.24, 2.45) is 0 Å². The fourth-order valence-corrected chi connectivity index (χ4v) is 3.02. The first-order chi connectivity index (χ1) is 12.5. The molecular formula is C18H15Cl2NO5. The molecule has 2 aromatic carbocycles. The Morgan fingerprint density at radius 1 is 1.19 bits per heavy atom. The zero-order valence-electron chi connectivity index (χ0n) is 13.6. The average Bonchev–Trinajstić information content (AvgIpc) is 3.14. The van der Waals surface area contributed by atoms with Crippen LogP contribution in [0.2, 0.25) is 10.0 Å². The molecule has 1 amide bonds. The van der Waals surface area contributed by atoms with Gasteiger partial charge in [-0.25, -0.2) is 9.86 Å². The van der Waals surface area contributed by atoms with E-state index < -0.39 is 12.6 Å². The summed E-state index contributed by atoms with van der Waals surface area (Å²) in [6, 6.07) is 9.76. The molecule has 1 heterocycles. The first-order valence-electron chi connectivity index (χ1n) is 7.84. The van der Waals surface area contributed by atoms with Crippen LogP contribution in [0.25, 0.3) is 11.1 Å². The van der Waals surface area contributed by atoms with Crippen LogP contribution in [0.3, 0.4) is 0 Å². The molecule has 1 aliphatic rings. The van der Waals surface area contributed by atoms with Crippen LogP contribution >= 0.6 is 23.2 Å². The molecule has 1 aliphatic heterocycles. The standard InChI is InChI=1S/C18H15Cl2NO5/c19-12-3-5-16(25-10-17(22)23)14(9-12)11-2-4-13(15(20)8-11)18(24)21-6-1-7-26-21/h2-5,8-9H,1,6-7,10H2,(H,22,23). The number of benzene rings is 2. The third-order valence-electron chi connectivity index (χ3n) is 3.78. The third-order valence-corrected chi connectivity index (χ3v) is 4.33. The van der Waals surface area contributed by atoms with Crippen molar-refractivity contribution >= 4 is 35.1 Å². The SMILES string of the molecule is O=C(O)COc1ccc(Cl)cc1-c1ccc(C(=O)N2CCCO2)c(Cl)c1. The number of carbonyl (C=O) groups is 2. The van der Waals surface area contributed by atoms with Crippen LogP contribution in [0.5, 0.6) is 5.75 Å². The van der Waals surface area contributed by atoms with Gasteiger partial charge in [0.25, 0.3) is 5.91 Å². The number of aliphatic carboxylic acids is 1. The second kappa shape index (κ2) is 7.95. The Morgan fingerprint density at radius 2 is 2.00 bits per heavy atom. The van der Waals surface area contributed by atoms with Gasteiger partial charge in [-0.2, -0.15) is 0 Å². The summed E-state index contributed by atoms with van der Waals surface area (Å²) in [6.45, 7) is 0.553. The summed E-state index contributed by atoms with van der Waals surface area (Å²) in [4.78, 5) is 28.4. The maximum Gasteiger partial charge on any atom is 0.341 e. The zero-order valence-corrected chi connectivity index (χ0v) is 15.1. The summed E-state index contributed by atoms with van der Waals surface area (Å²) in [5.41, 5.74) is 1.56. The number of hydrogen-bond donors (Lipinski definition) is 1. The van der Waals surface area contributed by atoms with Gasteiger partial charge in [0.1, 0.15) is 5.75 Å². The molecule has 136 valence electrons. The first kappa shape index (κ1) is 18.5. The highest BCUT2D eigenvalue weighted by Crippen LogP contribution is 2.35. The number of carboxylic acid groups (broad SMARTS) is 1. The molecule has 0 unspecified atom stereocenters. The topological polar surface area (TPSA) is 76.1 Å². The highest BCUT2D eigenvalue weighted by molar-refractivity contribution is 6.34. The van der Waals surface area contributed by atoms with Gasteiger partial charge in [-0.1, -0.05) is 29.3 Å². The van der Waals surface area contributed by atoms with Crippen LogP contribution in [0.15, 0.2) is 36.4 Å². The van der Waals surface area contributed by atoms with Gasteiger partial charge in [0.15, 0.2) is 6.61 Å². The average molecular weight is 396 g/mol. The maximum absolute atomic E-state index is 12.4. The molecule has 0 atom stereocenters. The van der Waals surface area contributed by atoms with E-state index in [4.69, 9.17) is 37.9 Å². The fourth-order valence-electron chi connectivity index (χ4n) is 2.59. The molecule has 0 radical (unpaired) electrons. The van der Waals surface area contributed by atoms with Gasteiger partial charge in [0.2, 0.25) is 0 Å². The van der Waals surface area contributed by atoms with Gasteiger partial charge in [0.05, 0.1) is 23.7 Å². The highest BCUT2D eigenvalue weighted by Gasteiger charge is 2.23. The predicted octanol–water partition coefficient (Wildman–Crippen LogP) is 3.90.